The number of halogens is 1. The third-order valence-corrected chi connectivity index (χ3v) is 6.24. The lowest BCUT2D eigenvalue weighted by Gasteiger charge is -2.17. The van der Waals surface area contributed by atoms with E-state index < -0.39 is 0 Å². The largest absolute Gasteiger partial charge is 0.326 e. The van der Waals surface area contributed by atoms with Gasteiger partial charge >= 0.3 is 0 Å². The summed E-state index contributed by atoms with van der Waals surface area (Å²) in [6, 6.07) is 5.52. The summed E-state index contributed by atoms with van der Waals surface area (Å²) in [5.41, 5.74) is 4.28. The van der Waals surface area contributed by atoms with Crippen LogP contribution in [0, 0.1) is 20.8 Å². The maximum Gasteiger partial charge on any atom is 0.252 e. The van der Waals surface area contributed by atoms with Crippen LogP contribution < -0.4 is 5.32 Å². The third kappa shape index (κ3) is 4.13. The zero-order chi connectivity index (χ0) is 20.5. The molecule has 1 saturated carbocycles. The molecule has 0 atom stereocenters. The fraction of sp³-hybridized carbons (Fsp3) is 0.455. The first-order chi connectivity index (χ1) is 13.9. The number of aromatic nitrogens is 4. The smallest absolute Gasteiger partial charge is 0.252 e. The molecule has 0 bridgehead atoms. The summed E-state index contributed by atoms with van der Waals surface area (Å²) in [4.78, 5) is 22.0. The van der Waals surface area contributed by atoms with Crippen molar-refractivity contribution in [3.63, 3.8) is 0 Å². The predicted octanol–water partition coefficient (Wildman–Crippen LogP) is 4.93. The topological polar surface area (TPSA) is 72.2 Å². The quantitative estimate of drug-likeness (QED) is 0.660. The summed E-state index contributed by atoms with van der Waals surface area (Å²) in [5.74, 6) is 1.82. The van der Waals surface area contributed by atoms with Crippen molar-refractivity contribution in [1.82, 2.24) is 19.6 Å². The number of nitrogens with zero attached hydrogens (tertiary/aromatic N) is 4. The van der Waals surface area contributed by atoms with Crippen molar-refractivity contribution in [2.24, 2.45) is 0 Å². The highest BCUT2D eigenvalue weighted by Gasteiger charge is 2.22. The predicted molar refractivity (Wildman–Crippen MR) is 115 cm³/mol. The second kappa shape index (κ2) is 8.11. The van der Waals surface area contributed by atoms with Crippen LogP contribution in [0.4, 0.5) is 5.69 Å². The Bertz CT molecular complexity index is 1070. The molecule has 1 amide bonds. The minimum absolute atomic E-state index is 0.107. The molecular formula is C22H26ClN5O. The van der Waals surface area contributed by atoms with E-state index in [-0.39, 0.29) is 12.3 Å². The standard InChI is InChI=1S/C22H26ClN5O/c1-13-9-10-17(11-19(13)23)25-20(29)12-18-14(2)24-22-26-21(27-28(22)15(18)3)16-7-5-4-6-8-16/h9-11,16H,4-8,12H2,1-3H3,(H,25,29). The fourth-order valence-electron chi connectivity index (χ4n) is 4.05. The Labute approximate surface area is 175 Å². The van der Waals surface area contributed by atoms with Gasteiger partial charge in [0.25, 0.3) is 5.78 Å². The lowest BCUT2D eigenvalue weighted by Crippen LogP contribution is -2.17. The molecule has 3 aromatic rings. The van der Waals surface area contributed by atoms with Crippen LogP contribution in [0.15, 0.2) is 18.2 Å². The van der Waals surface area contributed by atoms with Gasteiger partial charge in [-0.15, -0.1) is 5.10 Å². The second-order valence-electron chi connectivity index (χ2n) is 7.97. The Hall–Kier alpha value is -2.47. The molecule has 0 radical (unpaired) electrons. The summed E-state index contributed by atoms with van der Waals surface area (Å²) < 4.78 is 1.79. The molecular weight excluding hydrogens is 386 g/mol. The molecule has 1 fully saturated rings. The van der Waals surface area contributed by atoms with Gasteiger partial charge in [-0.1, -0.05) is 36.9 Å². The van der Waals surface area contributed by atoms with Crippen LogP contribution in [0.3, 0.4) is 0 Å². The van der Waals surface area contributed by atoms with E-state index >= 15 is 0 Å². The zero-order valence-electron chi connectivity index (χ0n) is 17.1. The molecule has 6 nitrogen and oxygen atoms in total. The van der Waals surface area contributed by atoms with Crippen molar-refractivity contribution in [1.29, 1.82) is 0 Å². The van der Waals surface area contributed by atoms with Gasteiger partial charge in [0, 0.05) is 33.6 Å². The van der Waals surface area contributed by atoms with Crippen molar-refractivity contribution in [2.45, 2.75) is 65.2 Å². The van der Waals surface area contributed by atoms with E-state index in [1.807, 2.05) is 32.9 Å². The van der Waals surface area contributed by atoms with Gasteiger partial charge in [-0.05, 0) is 51.3 Å². The number of benzene rings is 1. The lowest BCUT2D eigenvalue weighted by molar-refractivity contribution is -0.115. The van der Waals surface area contributed by atoms with Gasteiger partial charge in [0.15, 0.2) is 5.82 Å². The van der Waals surface area contributed by atoms with Crippen LogP contribution in [0.5, 0.6) is 0 Å². The first kappa shape index (κ1) is 19.8. The highest BCUT2D eigenvalue weighted by molar-refractivity contribution is 6.31. The van der Waals surface area contributed by atoms with Gasteiger partial charge in [-0.3, -0.25) is 4.79 Å². The van der Waals surface area contributed by atoms with Crippen LogP contribution >= 0.6 is 11.6 Å². The third-order valence-electron chi connectivity index (χ3n) is 5.83. The number of aryl methyl sites for hydroxylation is 3. The number of carbonyl (C=O) groups is 1. The summed E-state index contributed by atoms with van der Waals surface area (Å²) in [6.07, 6.45) is 6.28. The highest BCUT2D eigenvalue weighted by Crippen LogP contribution is 2.31. The number of carbonyl (C=O) groups excluding carboxylic acids is 1. The number of hydrogen-bond donors (Lipinski definition) is 1. The molecule has 152 valence electrons. The number of fused-ring (bicyclic) bond motifs is 1. The molecule has 0 unspecified atom stereocenters. The Morgan fingerprint density at radius 2 is 1.93 bits per heavy atom. The molecule has 1 aromatic carbocycles. The molecule has 0 spiro atoms. The van der Waals surface area contributed by atoms with E-state index in [1.54, 1.807) is 10.6 Å². The van der Waals surface area contributed by atoms with Crippen molar-refractivity contribution in [2.75, 3.05) is 5.32 Å². The summed E-state index contributed by atoms with van der Waals surface area (Å²) >= 11 is 6.16. The average molecular weight is 412 g/mol. The van der Waals surface area contributed by atoms with Crippen molar-refractivity contribution in [3.8, 4) is 0 Å². The maximum atomic E-state index is 12.6. The number of rotatable bonds is 4. The number of anilines is 1. The monoisotopic (exact) mass is 411 g/mol. The Morgan fingerprint density at radius 3 is 2.66 bits per heavy atom. The highest BCUT2D eigenvalue weighted by atomic mass is 35.5. The van der Waals surface area contributed by atoms with Gasteiger partial charge < -0.3 is 5.32 Å². The summed E-state index contributed by atoms with van der Waals surface area (Å²) in [5, 5.41) is 8.30. The molecule has 2 aromatic heterocycles. The van der Waals surface area contributed by atoms with Gasteiger partial charge in [0.2, 0.25) is 5.91 Å². The Morgan fingerprint density at radius 1 is 1.17 bits per heavy atom. The van der Waals surface area contributed by atoms with Gasteiger partial charge in [-0.2, -0.15) is 4.98 Å². The van der Waals surface area contributed by atoms with Crippen molar-refractivity contribution >= 4 is 29.0 Å². The lowest BCUT2D eigenvalue weighted by atomic mass is 9.89. The normalized spacial score (nSPS) is 15.0. The van der Waals surface area contributed by atoms with Crippen molar-refractivity contribution < 1.29 is 4.79 Å². The van der Waals surface area contributed by atoms with E-state index in [4.69, 9.17) is 16.7 Å². The van der Waals surface area contributed by atoms with E-state index in [0.717, 1.165) is 41.2 Å². The van der Waals surface area contributed by atoms with Crippen LogP contribution in [-0.4, -0.2) is 25.5 Å². The Kier molecular flexibility index (Phi) is 5.54. The number of amides is 1. The van der Waals surface area contributed by atoms with Crippen LogP contribution in [0.25, 0.3) is 5.78 Å². The zero-order valence-corrected chi connectivity index (χ0v) is 17.9. The molecule has 4 rings (SSSR count). The second-order valence-corrected chi connectivity index (χ2v) is 8.37. The molecule has 7 heteroatoms. The molecule has 1 aliphatic rings. The fourth-order valence-corrected chi connectivity index (χ4v) is 4.23. The molecule has 1 aliphatic carbocycles. The summed E-state index contributed by atoms with van der Waals surface area (Å²) in [7, 11) is 0. The first-order valence-electron chi connectivity index (χ1n) is 10.2. The van der Waals surface area contributed by atoms with E-state index in [1.165, 1.54) is 19.3 Å². The number of hydrogen-bond acceptors (Lipinski definition) is 4. The molecule has 0 aliphatic heterocycles. The average Bonchev–Trinajstić information content (AvgIpc) is 3.13. The SMILES string of the molecule is Cc1ccc(NC(=O)Cc2c(C)nc3nc(C4CCCCC4)nn3c2C)cc1Cl. The van der Waals surface area contributed by atoms with Gasteiger partial charge in [-0.25, -0.2) is 9.50 Å². The van der Waals surface area contributed by atoms with Crippen LogP contribution in [0.2, 0.25) is 5.02 Å². The summed E-state index contributed by atoms with van der Waals surface area (Å²) in [6.45, 7) is 5.83. The maximum absolute atomic E-state index is 12.6. The molecule has 0 saturated heterocycles. The molecule has 2 heterocycles. The molecule has 1 N–H and O–H groups in total. The van der Waals surface area contributed by atoms with Crippen molar-refractivity contribution in [3.05, 3.63) is 51.6 Å². The van der Waals surface area contributed by atoms with E-state index in [9.17, 15) is 4.79 Å². The first-order valence-corrected chi connectivity index (χ1v) is 10.6. The van der Waals surface area contributed by atoms with Crippen LogP contribution in [-0.2, 0) is 11.2 Å². The van der Waals surface area contributed by atoms with Crippen LogP contribution in [0.1, 0.15) is 66.4 Å². The Balaban J connectivity index is 1.57. The van der Waals surface area contributed by atoms with E-state index in [2.05, 4.69) is 15.3 Å². The van der Waals surface area contributed by atoms with Gasteiger partial charge in [0.05, 0.1) is 6.42 Å². The minimum Gasteiger partial charge on any atom is -0.326 e. The van der Waals surface area contributed by atoms with E-state index in [0.29, 0.717) is 22.4 Å². The molecule has 29 heavy (non-hydrogen) atoms. The van der Waals surface area contributed by atoms with Gasteiger partial charge in [0.1, 0.15) is 0 Å². The minimum atomic E-state index is -0.107. The number of nitrogens with one attached hydrogen (secondary N) is 1.